The molecule has 1 atom stereocenters. The van der Waals surface area contributed by atoms with Crippen molar-refractivity contribution >= 4 is 10.9 Å². The summed E-state index contributed by atoms with van der Waals surface area (Å²) in [5.41, 5.74) is 4.22. The van der Waals surface area contributed by atoms with Gasteiger partial charge in [-0.1, -0.05) is 60.7 Å². The molecule has 200 valence electrons. The molecule has 0 saturated heterocycles. The van der Waals surface area contributed by atoms with E-state index in [1.807, 2.05) is 49.4 Å². The molecule has 3 aromatic carbocycles. The Hall–Kier alpha value is -4.21. The van der Waals surface area contributed by atoms with E-state index in [2.05, 4.69) is 37.5 Å². The highest BCUT2D eigenvalue weighted by molar-refractivity contribution is 5.82. The highest BCUT2D eigenvalue weighted by Gasteiger charge is 2.30. The number of halogens is 1. The minimum atomic E-state index is -0.570. The molecule has 8 nitrogen and oxygen atoms in total. The molecule has 0 saturated carbocycles. The minimum absolute atomic E-state index is 0.202. The second kappa shape index (κ2) is 12.1. The van der Waals surface area contributed by atoms with Gasteiger partial charge in [-0.2, -0.15) is 0 Å². The molecule has 39 heavy (non-hydrogen) atoms. The third-order valence-corrected chi connectivity index (χ3v) is 6.92. The molecule has 0 unspecified atom stereocenters. The van der Waals surface area contributed by atoms with Gasteiger partial charge in [0.1, 0.15) is 11.9 Å². The maximum atomic E-state index is 13.7. The van der Waals surface area contributed by atoms with E-state index in [0.717, 1.165) is 28.5 Å². The lowest BCUT2D eigenvalue weighted by molar-refractivity contribution is 0.172. The van der Waals surface area contributed by atoms with E-state index >= 15 is 0 Å². The van der Waals surface area contributed by atoms with Crippen LogP contribution in [0.25, 0.3) is 10.9 Å². The number of pyridine rings is 1. The summed E-state index contributed by atoms with van der Waals surface area (Å²) in [6, 6.07) is 23.9. The Balaban J connectivity index is 1.64. The number of H-pyrrole nitrogens is 1. The van der Waals surface area contributed by atoms with Crippen molar-refractivity contribution in [3.8, 4) is 0 Å². The summed E-state index contributed by atoms with van der Waals surface area (Å²) >= 11 is 0. The van der Waals surface area contributed by atoms with Crippen molar-refractivity contribution in [2.75, 3.05) is 20.3 Å². The van der Waals surface area contributed by atoms with Gasteiger partial charge in [-0.25, -0.2) is 9.07 Å². The van der Waals surface area contributed by atoms with Crippen LogP contribution >= 0.6 is 0 Å². The Kier molecular flexibility index (Phi) is 8.19. The number of aromatic amines is 1. The fourth-order valence-electron chi connectivity index (χ4n) is 4.89. The molecule has 5 aromatic rings. The van der Waals surface area contributed by atoms with Crippen molar-refractivity contribution in [1.29, 1.82) is 0 Å². The second-order valence-corrected chi connectivity index (χ2v) is 9.58. The number of ether oxygens (including phenoxy) is 1. The SMILES string of the molecule is COCCn1nnnc1[C@@H](c1cc2cccc(C)c2[nH]c1=O)N(CCc1ccccc1)Cc1ccc(F)cc1. The number of benzene rings is 3. The largest absolute Gasteiger partial charge is 0.383 e. The Morgan fingerprint density at radius 1 is 1.03 bits per heavy atom. The zero-order chi connectivity index (χ0) is 27.2. The van der Waals surface area contributed by atoms with Crippen molar-refractivity contribution in [2.24, 2.45) is 0 Å². The van der Waals surface area contributed by atoms with Crippen molar-refractivity contribution < 1.29 is 9.13 Å². The Morgan fingerprint density at radius 2 is 1.82 bits per heavy atom. The molecule has 0 fully saturated rings. The fraction of sp³-hybridized carbons (Fsp3) is 0.267. The molecule has 2 heterocycles. The topological polar surface area (TPSA) is 88.9 Å². The standard InChI is InChI=1S/C30H31FN6O2/c1-21-7-6-10-24-19-26(30(38)32-27(21)24)28(29-33-34-35-37(29)17-18-39-2)36(16-15-22-8-4-3-5-9-22)20-23-11-13-25(31)14-12-23/h3-14,19,28H,15-18,20H2,1-2H3,(H,32,38)/t28-/m1/s1. The summed E-state index contributed by atoms with van der Waals surface area (Å²) in [6.45, 7) is 3.89. The van der Waals surface area contributed by atoms with Gasteiger partial charge in [-0.05, 0) is 64.0 Å². The summed E-state index contributed by atoms with van der Waals surface area (Å²) in [5, 5.41) is 13.5. The summed E-state index contributed by atoms with van der Waals surface area (Å²) in [7, 11) is 1.62. The number of aryl methyl sites for hydroxylation is 1. The normalized spacial score (nSPS) is 12.3. The number of hydrogen-bond donors (Lipinski definition) is 1. The van der Waals surface area contributed by atoms with Gasteiger partial charge in [0.15, 0.2) is 5.82 Å². The minimum Gasteiger partial charge on any atom is -0.383 e. The van der Waals surface area contributed by atoms with Gasteiger partial charge in [0, 0.05) is 25.8 Å². The van der Waals surface area contributed by atoms with Crippen LogP contribution in [-0.2, 0) is 24.2 Å². The number of rotatable bonds is 11. The summed E-state index contributed by atoms with van der Waals surface area (Å²) in [5.74, 6) is 0.246. The Labute approximate surface area is 226 Å². The number of aromatic nitrogens is 5. The lowest BCUT2D eigenvalue weighted by Crippen LogP contribution is -2.36. The van der Waals surface area contributed by atoms with E-state index in [1.54, 1.807) is 23.9 Å². The number of tetrazole rings is 1. The van der Waals surface area contributed by atoms with Crippen LogP contribution < -0.4 is 5.56 Å². The maximum Gasteiger partial charge on any atom is 0.253 e. The number of nitrogens with one attached hydrogen (secondary N) is 1. The molecule has 0 radical (unpaired) electrons. The highest BCUT2D eigenvalue weighted by atomic mass is 19.1. The predicted octanol–water partition coefficient (Wildman–Crippen LogP) is 4.44. The van der Waals surface area contributed by atoms with Gasteiger partial charge in [-0.3, -0.25) is 9.69 Å². The number of hydrogen-bond acceptors (Lipinski definition) is 6. The van der Waals surface area contributed by atoms with Crippen LogP contribution in [0.3, 0.4) is 0 Å². The van der Waals surface area contributed by atoms with Crippen molar-refractivity contribution in [2.45, 2.75) is 32.5 Å². The molecule has 1 N–H and O–H groups in total. The number of nitrogens with zero attached hydrogens (tertiary/aromatic N) is 5. The third kappa shape index (κ3) is 6.10. The Bertz CT molecular complexity index is 1580. The van der Waals surface area contributed by atoms with Gasteiger partial charge in [0.25, 0.3) is 5.56 Å². The van der Waals surface area contributed by atoms with E-state index in [9.17, 15) is 9.18 Å². The molecule has 0 aliphatic carbocycles. The van der Waals surface area contributed by atoms with Crippen molar-refractivity contribution in [3.05, 3.63) is 123 Å². The monoisotopic (exact) mass is 526 g/mol. The summed E-state index contributed by atoms with van der Waals surface area (Å²) in [6.07, 6.45) is 0.739. The molecular formula is C30H31FN6O2. The quantitative estimate of drug-likeness (QED) is 0.274. The molecule has 0 amide bonds. The zero-order valence-corrected chi connectivity index (χ0v) is 22.0. The molecule has 9 heteroatoms. The van der Waals surface area contributed by atoms with E-state index < -0.39 is 6.04 Å². The van der Waals surface area contributed by atoms with Gasteiger partial charge in [0.2, 0.25) is 0 Å². The van der Waals surface area contributed by atoms with Crippen LogP contribution in [0.15, 0.2) is 83.7 Å². The van der Waals surface area contributed by atoms with E-state index in [0.29, 0.717) is 37.6 Å². The molecule has 0 aliphatic rings. The molecule has 0 spiro atoms. The van der Waals surface area contributed by atoms with Crippen LogP contribution in [0.5, 0.6) is 0 Å². The van der Waals surface area contributed by atoms with Gasteiger partial charge < -0.3 is 9.72 Å². The molecule has 2 aromatic heterocycles. The summed E-state index contributed by atoms with van der Waals surface area (Å²) in [4.78, 5) is 19.0. The summed E-state index contributed by atoms with van der Waals surface area (Å²) < 4.78 is 20.7. The second-order valence-electron chi connectivity index (χ2n) is 9.58. The third-order valence-electron chi connectivity index (χ3n) is 6.92. The van der Waals surface area contributed by atoms with Crippen LogP contribution in [0.1, 0.15) is 34.1 Å². The highest BCUT2D eigenvalue weighted by Crippen LogP contribution is 2.29. The first kappa shape index (κ1) is 26.4. The van der Waals surface area contributed by atoms with E-state index in [4.69, 9.17) is 4.74 Å². The lowest BCUT2D eigenvalue weighted by atomic mass is 10.0. The van der Waals surface area contributed by atoms with Crippen LogP contribution in [-0.4, -0.2) is 50.4 Å². The van der Waals surface area contributed by atoms with E-state index in [-0.39, 0.29) is 11.4 Å². The number of fused-ring (bicyclic) bond motifs is 1. The van der Waals surface area contributed by atoms with Crippen LogP contribution in [0.4, 0.5) is 4.39 Å². The first-order valence-electron chi connectivity index (χ1n) is 12.9. The molecule has 0 bridgehead atoms. The predicted molar refractivity (Wildman–Crippen MR) is 148 cm³/mol. The zero-order valence-electron chi connectivity index (χ0n) is 22.0. The molecule has 0 aliphatic heterocycles. The Morgan fingerprint density at radius 3 is 2.59 bits per heavy atom. The van der Waals surface area contributed by atoms with Gasteiger partial charge >= 0.3 is 0 Å². The van der Waals surface area contributed by atoms with Gasteiger partial charge in [0.05, 0.1) is 18.7 Å². The smallest absolute Gasteiger partial charge is 0.253 e. The molecule has 5 rings (SSSR count). The first-order valence-corrected chi connectivity index (χ1v) is 12.9. The van der Waals surface area contributed by atoms with Crippen LogP contribution in [0, 0.1) is 12.7 Å². The maximum absolute atomic E-state index is 13.7. The van der Waals surface area contributed by atoms with E-state index in [1.165, 1.54) is 17.7 Å². The van der Waals surface area contributed by atoms with Crippen LogP contribution in [0.2, 0.25) is 0 Å². The van der Waals surface area contributed by atoms with Crippen molar-refractivity contribution in [1.82, 2.24) is 30.1 Å². The average Bonchev–Trinajstić information content (AvgIpc) is 3.41. The number of methoxy groups -OCH3 is 1. The molecular weight excluding hydrogens is 495 g/mol. The van der Waals surface area contributed by atoms with Gasteiger partial charge in [-0.15, -0.1) is 5.10 Å². The lowest BCUT2D eigenvalue weighted by Gasteiger charge is -2.31. The average molecular weight is 527 g/mol. The first-order chi connectivity index (χ1) is 19.0. The fourth-order valence-corrected chi connectivity index (χ4v) is 4.89. The number of para-hydroxylation sites is 1. The van der Waals surface area contributed by atoms with Crippen molar-refractivity contribution in [3.63, 3.8) is 0 Å².